The van der Waals surface area contributed by atoms with E-state index in [0.717, 1.165) is 31.1 Å². The predicted octanol–water partition coefficient (Wildman–Crippen LogP) is 3.36. The molecule has 2 heterocycles. The quantitative estimate of drug-likeness (QED) is 0.891. The Morgan fingerprint density at radius 1 is 1.11 bits per heavy atom. The first kappa shape index (κ1) is 13.0. The summed E-state index contributed by atoms with van der Waals surface area (Å²) in [7, 11) is 0. The second-order valence-corrected chi connectivity index (χ2v) is 6.00. The first-order valence-corrected chi connectivity index (χ1v) is 7.93. The Morgan fingerprint density at radius 2 is 1.79 bits per heavy atom. The molecule has 1 N–H and O–H groups in total. The number of para-hydroxylation sites is 1. The molecule has 0 aromatic heterocycles. The molecule has 2 atom stereocenters. The van der Waals surface area contributed by atoms with Gasteiger partial charge in [-0.15, -0.1) is 0 Å². The van der Waals surface area contributed by atoms with Crippen molar-refractivity contribution in [1.29, 1.82) is 0 Å². The van der Waals surface area contributed by atoms with E-state index < -0.39 is 0 Å². The number of hydrogen-bond donors (Lipinski definition) is 1. The van der Waals surface area contributed by atoms with Crippen molar-refractivity contribution < 1.29 is 0 Å². The maximum Gasteiger partial charge on any atom is 0.0403 e. The number of benzene rings is 1. The number of piperidine rings is 1. The SMILES string of the molecule is CCNC1CC2CCC(C1)N2c1ccccc1CC. The summed E-state index contributed by atoms with van der Waals surface area (Å²) in [6.45, 7) is 5.60. The molecule has 0 saturated carbocycles. The Morgan fingerprint density at radius 3 is 2.42 bits per heavy atom. The van der Waals surface area contributed by atoms with Gasteiger partial charge >= 0.3 is 0 Å². The number of nitrogens with one attached hydrogen (secondary N) is 1. The van der Waals surface area contributed by atoms with Crippen LogP contribution in [0.25, 0.3) is 0 Å². The summed E-state index contributed by atoms with van der Waals surface area (Å²) in [5, 5.41) is 3.66. The number of fused-ring (bicyclic) bond motifs is 2. The summed E-state index contributed by atoms with van der Waals surface area (Å²) in [6, 6.07) is 11.3. The van der Waals surface area contributed by atoms with Crippen molar-refractivity contribution in [2.45, 2.75) is 64.1 Å². The van der Waals surface area contributed by atoms with Crippen molar-refractivity contribution in [3.8, 4) is 0 Å². The topological polar surface area (TPSA) is 15.3 Å². The third-order valence-electron chi connectivity index (χ3n) is 4.88. The highest BCUT2D eigenvalue weighted by Crippen LogP contribution is 2.40. The standard InChI is InChI=1S/C17H26N2/c1-3-13-7-5-6-8-17(13)19-15-9-10-16(19)12-14(11-15)18-4-2/h5-8,14-16,18H,3-4,9-12H2,1-2H3. The van der Waals surface area contributed by atoms with Crippen LogP contribution in [-0.2, 0) is 6.42 Å². The van der Waals surface area contributed by atoms with Crippen LogP contribution in [0.3, 0.4) is 0 Å². The van der Waals surface area contributed by atoms with Crippen LogP contribution in [0.5, 0.6) is 0 Å². The minimum atomic E-state index is 0.743. The van der Waals surface area contributed by atoms with Crippen LogP contribution in [-0.4, -0.2) is 24.7 Å². The highest BCUT2D eigenvalue weighted by molar-refractivity contribution is 5.56. The van der Waals surface area contributed by atoms with Crippen molar-refractivity contribution in [1.82, 2.24) is 5.32 Å². The minimum Gasteiger partial charge on any atom is -0.365 e. The monoisotopic (exact) mass is 258 g/mol. The molecule has 2 fully saturated rings. The largest absolute Gasteiger partial charge is 0.365 e. The zero-order valence-corrected chi connectivity index (χ0v) is 12.2. The van der Waals surface area contributed by atoms with Crippen LogP contribution in [0.2, 0.25) is 0 Å². The van der Waals surface area contributed by atoms with Gasteiger partial charge in [0.15, 0.2) is 0 Å². The minimum absolute atomic E-state index is 0.743. The maximum atomic E-state index is 3.66. The van der Waals surface area contributed by atoms with E-state index in [9.17, 15) is 0 Å². The van der Waals surface area contributed by atoms with Crippen molar-refractivity contribution in [2.75, 3.05) is 11.4 Å². The van der Waals surface area contributed by atoms with Crippen LogP contribution < -0.4 is 10.2 Å². The van der Waals surface area contributed by atoms with Gasteiger partial charge in [-0.05, 0) is 50.3 Å². The normalized spacial score (nSPS) is 29.8. The summed E-state index contributed by atoms with van der Waals surface area (Å²) in [5.74, 6) is 0. The Kier molecular flexibility index (Phi) is 3.79. The van der Waals surface area contributed by atoms with Crippen LogP contribution in [0.4, 0.5) is 5.69 Å². The Balaban J connectivity index is 1.83. The van der Waals surface area contributed by atoms with E-state index in [1.165, 1.54) is 36.9 Å². The lowest BCUT2D eigenvalue weighted by Gasteiger charge is -2.41. The van der Waals surface area contributed by atoms with Gasteiger partial charge in [0.25, 0.3) is 0 Å². The summed E-state index contributed by atoms with van der Waals surface area (Å²) in [5.41, 5.74) is 3.02. The lowest BCUT2D eigenvalue weighted by molar-refractivity contribution is 0.361. The highest BCUT2D eigenvalue weighted by atomic mass is 15.2. The van der Waals surface area contributed by atoms with Gasteiger partial charge in [0, 0.05) is 23.8 Å². The van der Waals surface area contributed by atoms with Crippen LogP contribution in [0.15, 0.2) is 24.3 Å². The van der Waals surface area contributed by atoms with Gasteiger partial charge in [-0.3, -0.25) is 0 Å². The smallest absolute Gasteiger partial charge is 0.0403 e. The summed E-state index contributed by atoms with van der Waals surface area (Å²) < 4.78 is 0. The van der Waals surface area contributed by atoms with Gasteiger partial charge in [-0.1, -0.05) is 32.0 Å². The average molecular weight is 258 g/mol. The molecule has 3 rings (SSSR count). The molecule has 2 aliphatic heterocycles. The third-order valence-corrected chi connectivity index (χ3v) is 4.88. The number of aryl methyl sites for hydroxylation is 1. The zero-order chi connectivity index (χ0) is 13.2. The lowest BCUT2D eigenvalue weighted by Crippen LogP contribution is -2.49. The predicted molar refractivity (Wildman–Crippen MR) is 81.8 cm³/mol. The Bertz CT molecular complexity index is 415. The molecule has 0 spiro atoms. The molecule has 0 aliphatic carbocycles. The molecule has 2 aliphatic rings. The fraction of sp³-hybridized carbons (Fsp3) is 0.647. The van der Waals surface area contributed by atoms with Gasteiger partial charge in [0.2, 0.25) is 0 Å². The molecule has 104 valence electrons. The first-order valence-electron chi connectivity index (χ1n) is 7.93. The second kappa shape index (κ2) is 5.54. The summed E-state index contributed by atoms with van der Waals surface area (Å²) in [4.78, 5) is 2.74. The molecule has 2 saturated heterocycles. The van der Waals surface area contributed by atoms with Crippen LogP contribution in [0, 0.1) is 0 Å². The fourth-order valence-corrected chi connectivity index (χ4v) is 4.09. The van der Waals surface area contributed by atoms with E-state index in [2.05, 4.69) is 48.3 Å². The third kappa shape index (κ3) is 2.38. The van der Waals surface area contributed by atoms with Gasteiger partial charge in [-0.25, -0.2) is 0 Å². The molecule has 0 amide bonds. The molecular formula is C17H26N2. The number of nitrogens with zero attached hydrogens (tertiary/aromatic N) is 1. The Labute approximate surface area is 117 Å². The molecule has 2 heteroatoms. The molecule has 19 heavy (non-hydrogen) atoms. The molecular weight excluding hydrogens is 232 g/mol. The molecule has 0 radical (unpaired) electrons. The number of hydrogen-bond acceptors (Lipinski definition) is 2. The maximum absolute atomic E-state index is 3.66. The molecule has 1 aromatic carbocycles. The van der Waals surface area contributed by atoms with Gasteiger partial charge < -0.3 is 10.2 Å². The van der Waals surface area contributed by atoms with Crippen molar-refractivity contribution in [3.05, 3.63) is 29.8 Å². The van der Waals surface area contributed by atoms with Crippen molar-refractivity contribution in [3.63, 3.8) is 0 Å². The fourth-order valence-electron chi connectivity index (χ4n) is 4.09. The zero-order valence-electron chi connectivity index (χ0n) is 12.2. The molecule has 1 aromatic rings. The molecule has 2 nitrogen and oxygen atoms in total. The van der Waals surface area contributed by atoms with E-state index in [4.69, 9.17) is 0 Å². The summed E-state index contributed by atoms with van der Waals surface area (Å²) >= 11 is 0. The first-order chi connectivity index (χ1) is 9.33. The van der Waals surface area contributed by atoms with Gasteiger partial charge in [-0.2, -0.15) is 0 Å². The molecule has 2 bridgehead atoms. The van der Waals surface area contributed by atoms with Crippen molar-refractivity contribution >= 4 is 5.69 Å². The molecule has 2 unspecified atom stereocenters. The second-order valence-electron chi connectivity index (χ2n) is 6.00. The number of rotatable bonds is 4. The number of anilines is 1. The average Bonchev–Trinajstić information content (AvgIpc) is 2.70. The van der Waals surface area contributed by atoms with E-state index >= 15 is 0 Å². The Hall–Kier alpha value is -1.02. The summed E-state index contributed by atoms with van der Waals surface area (Å²) in [6.07, 6.45) is 6.54. The van der Waals surface area contributed by atoms with E-state index in [0.29, 0.717) is 0 Å². The van der Waals surface area contributed by atoms with Crippen LogP contribution >= 0.6 is 0 Å². The van der Waals surface area contributed by atoms with E-state index in [1.807, 2.05) is 0 Å². The van der Waals surface area contributed by atoms with Crippen molar-refractivity contribution in [2.24, 2.45) is 0 Å². The van der Waals surface area contributed by atoms with Crippen LogP contribution in [0.1, 0.15) is 45.1 Å². The van der Waals surface area contributed by atoms with Gasteiger partial charge in [0.1, 0.15) is 0 Å². The van der Waals surface area contributed by atoms with E-state index in [-0.39, 0.29) is 0 Å². The van der Waals surface area contributed by atoms with Gasteiger partial charge in [0.05, 0.1) is 0 Å². The lowest BCUT2D eigenvalue weighted by atomic mass is 9.95. The van der Waals surface area contributed by atoms with E-state index in [1.54, 1.807) is 0 Å². The highest BCUT2D eigenvalue weighted by Gasteiger charge is 2.40.